The van der Waals surface area contributed by atoms with Crippen LogP contribution in [0, 0.1) is 0 Å². The summed E-state index contributed by atoms with van der Waals surface area (Å²) in [4.78, 5) is 2.44. The molecule has 0 aliphatic rings. The summed E-state index contributed by atoms with van der Waals surface area (Å²) in [5, 5.41) is 0. The van der Waals surface area contributed by atoms with Crippen LogP contribution in [0.1, 0.15) is 24.5 Å². The second-order valence-corrected chi connectivity index (χ2v) is 5.86. The Hall–Kier alpha value is -1.32. The summed E-state index contributed by atoms with van der Waals surface area (Å²) in [6.45, 7) is 5.10. The van der Waals surface area contributed by atoms with Crippen molar-refractivity contribution >= 4 is 21.6 Å². The van der Waals surface area contributed by atoms with E-state index in [4.69, 9.17) is 5.73 Å². The molecule has 2 rings (SSSR count). The maximum absolute atomic E-state index is 6.10. The Morgan fingerprint density at radius 3 is 2.40 bits per heavy atom. The normalized spacial score (nSPS) is 10.9. The fourth-order valence-corrected chi connectivity index (χ4v) is 2.84. The summed E-state index contributed by atoms with van der Waals surface area (Å²) in [7, 11) is 0. The zero-order valence-corrected chi connectivity index (χ0v) is 13.4. The van der Waals surface area contributed by atoms with E-state index in [1.165, 1.54) is 11.1 Å². The molecule has 2 aromatic carbocycles. The van der Waals surface area contributed by atoms with Gasteiger partial charge in [-0.1, -0.05) is 59.3 Å². The summed E-state index contributed by atoms with van der Waals surface area (Å²) in [6, 6.07) is 16.6. The number of hydrogen-bond acceptors (Lipinski definition) is 2. The minimum absolute atomic E-state index is 0.855. The molecule has 106 valence electrons. The van der Waals surface area contributed by atoms with Crippen molar-refractivity contribution in [2.75, 3.05) is 12.3 Å². The van der Waals surface area contributed by atoms with Crippen LogP contribution in [-0.4, -0.2) is 11.4 Å². The standard InChI is InChI=1S/C17H21BrN2/c1-2-11-20(12-14-7-4-3-5-8-14)13-15-16(18)9-6-10-17(15)19/h3-10H,2,11-13,19H2,1H3. The second-order valence-electron chi connectivity index (χ2n) is 5.00. The van der Waals surface area contributed by atoms with Crippen molar-refractivity contribution in [1.29, 1.82) is 0 Å². The maximum Gasteiger partial charge on any atom is 0.0371 e. The highest BCUT2D eigenvalue weighted by Crippen LogP contribution is 2.24. The molecule has 0 spiro atoms. The quantitative estimate of drug-likeness (QED) is 0.792. The lowest BCUT2D eigenvalue weighted by molar-refractivity contribution is 0.257. The van der Waals surface area contributed by atoms with Crippen molar-refractivity contribution in [2.24, 2.45) is 0 Å². The Morgan fingerprint density at radius 2 is 1.75 bits per heavy atom. The molecule has 0 aromatic heterocycles. The fraction of sp³-hybridized carbons (Fsp3) is 0.294. The summed E-state index contributed by atoms with van der Waals surface area (Å²) < 4.78 is 1.09. The molecule has 2 nitrogen and oxygen atoms in total. The monoisotopic (exact) mass is 332 g/mol. The third-order valence-corrected chi connectivity index (χ3v) is 4.07. The largest absolute Gasteiger partial charge is 0.398 e. The number of nitrogens with zero attached hydrogens (tertiary/aromatic N) is 1. The predicted octanol–water partition coefficient (Wildman–Crippen LogP) is 4.44. The van der Waals surface area contributed by atoms with Crippen LogP contribution < -0.4 is 5.73 Å². The molecule has 0 heterocycles. The van der Waals surface area contributed by atoms with Crippen molar-refractivity contribution in [3.05, 3.63) is 64.1 Å². The number of anilines is 1. The smallest absolute Gasteiger partial charge is 0.0371 e. The van der Waals surface area contributed by atoms with Gasteiger partial charge in [-0.2, -0.15) is 0 Å². The van der Waals surface area contributed by atoms with E-state index >= 15 is 0 Å². The molecular formula is C17H21BrN2. The lowest BCUT2D eigenvalue weighted by Gasteiger charge is -2.23. The molecular weight excluding hydrogens is 312 g/mol. The van der Waals surface area contributed by atoms with Crippen LogP contribution in [0.25, 0.3) is 0 Å². The minimum atomic E-state index is 0.855. The third kappa shape index (κ3) is 4.09. The number of nitrogen functional groups attached to an aromatic ring is 1. The molecule has 20 heavy (non-hydrogen) atoms. The summed E-state index contributed by atoms with van der Waals surface area (Å²) in [5.74, 6) is 0. The molecule has 3 heteroatoms. The maximum atomic E-state index is 6.10. The zero-order chi connectivity index (χ0) is 14.4. The van der Waals surface area contributed by atoms with Gasteiger partial charge >= 0.3 is 0 Å². The molecule has 0 amide bonds. The van der Waals surface area contributed by atoms with Crippen LogP contribution >= 0.6 is 15.9 Å². The lowest BCUT2D eigenvalue weighted by atomic mass is 10.1. The van der Waals surface area contributed by atoms with Crippen LogP contribution in [0.3, 0.4) is 0 Å². The van der Waals surface area contributed by atoms with Crippen molar-refractivity contribution in [3.63, 3.8) is 0 Å². The van der Waals surface area contributed by atoms with Gasteiger partial charge in [-0.25, -0.2) is 0 Å². The van der Waals surface area contributed by atoms with Gasteiger partial charge in [0.1, 0.15) is 0 Å². The van der Waals surface area contributed by atoms with Crippen LogP contribution in [0.4, 0.5) is 5.69 Å². The van der Waals surface area contributed by atoms with Crippen molar-refractivity contribution in [3.8, 4) is 0 Å². The topological polar surface area (TPSA) is 29.3 Å². The Bertz CT molecular complexity index is 520. The van der Waals surface area contributed by atoms with Gasteiger partial charge in [0.15, 0.2) is 0 Å². The summed E-state index contributed by atoms with van der Waals surface area (Å²) in [6.07, 6.45) is 1.14. The van der Waals surface area contributed by atoms with Crippen molar-refractivity contribution < 1.29 is 0 Å². The van der Waals surface area contributed by atoms with Gasteiger partial charge in [0, 0.05) is 28.8 Å². The van der Waals surface area contributed by atoms with Crippen LogP contribution in [0.2, 0.25) is 0 Å². The number of hydrogen-bond donors (Lipinski definition) is 1. The van der Waals surface area contributed by atoms with Gasteiger partial charge in [0.05, 0.1) is 0 Å². The Balaban J connectivity index is 2.13. The van der Waals surface area contributed by atoms with Gasteiger partial charge in [0.2, 0.25) is 0 Å². The van der Waals surface area contributed by atoms with E-state index in [-0.39, 0.29) is 0 Å². The molecule has 0 aliphatic carbocycles. The highest BCUT2D eigenvalue weighted by Gasteiger charge is 2.10. The average molecular weight is 333 g/mol. The van der Waals surface area contributed by atoms with E-state index in [1.54, 1.807) is 0 Å². The minimum Gasteiger partial charge on any atom is -0.398 e. The van der Waals surface area contributed by atoms with E-state index < -0.39 is 0 Å². The van der Waals surface area contributed by atoms with E-state index in [9.17, 15) is 0 Å². The average Bonchev–Trinajstić information content (AvgIpc) is 2.44. The zero-order valence-electron chi connectivity index (χ0n) is 11.8. The van der Waals surface area contributed by atoms with E-state index in [0.717, 1.165) is 36.2 Å². The SMILES string of the molecule is CCCN(Cc1ccccc1)Cc1c(N)cccc1Br. The highest BCUT2D eigenvalue weighted by atomic mass is 79.9. The van der Waals surface area contributed by atoms with E-state index in [2.05, 4.69) is 64.2 Å². The van der Waals surface area contributed by atoms with Crippen LogP contribution in [-0.2, 0) is 13.1 Å². The van der Waals surface area contributed by atoms with Crippen LogP contribution in [0.15, 0.2) is 53.0 Å². The van der Waals surface area contributed by atoms with Crippen molar-refractivity contribution in [2.45, 2.75) is 26.4 Å². The molecule has 0 saturated carbocycles. The van der Waals surface area contributed by atoms with Crippen LogP contribution in [0.5, 0.6) is 0 Å². The molecule has 2 N–H and O–H groups in total. The van der Waals surface area contributed by atoms with Gasteiger partial charge in [0.25, 0.3) is 0 Å². The summed E-state index contributed by atoms with van der Waals surface area (Å²) >= 11 is 3.61. The first-order valence-electron chi connectivity index (χ1n) is 7.00. The van der Waals surface area contributed by atoms with E-state index in [1.807, 2.05) is 12.1 Å². The van der Waals surface area contributed by atoms with Gasteiger partial charge in [-0.05, 0) is 30.7 Å². The first kappa shape index (κ1) is 15.1. The molecule has 0 atom stereocenters. The van der Waals surface area contributed by atoms with Crippen molar-refractivity contribution in [1.82, 2.24) is 4.90 Å². The van der Waals surface area contributed by atoms with E-state index in [0.29, 0.717) is 0 Å². The number of halogens is 1. The Morgan fingerprint density at radius 1 is 1.00 bits per heavy atom. The van der Waals surface area contributed by atoms with Gasteiger partial charge in [-0.3, -0.25) is 4.90 Å². The summed E-state index contributed by atoms with van der Waals surface area (Å²) in [5.41, 5.74) is 9.47. The molecule has 0 aliphatic heterocycles. The lowest BCUT2D eigenvalue weighted by Crippen LogP contribution is -2.24. The third-order valence-electron chi connectivity index (χ3n) is 3.33. The first-order chi connectivity index (χ1) is 9.70. The number of rotatable bonds is 6. The fourth-order valence-electron chi connectivity index (χ4n) is 2.34. The molecule has 0 unspecified atom stereocenters. The second kappa shape index (κ2) is 7.46. The molecule has 2 aromatic rings. The van der Waals surface area contributed by atoms with Gasteiger partial charge in [-0.15, -0.1) is 0 Å². The predicted molar refractivity (Wildman–Crippen MR) is 89.4 cm³/mol. The first-order valence-corrected chi connectivity index (χ1v) is 7.79. The highest BCUT2D eigenvalue weighted by molar-refractivity contribution is 9.10. The number of nitrogens with two attached hydrogens (primary N) is 1. The molecule has 0 radical (unpaired) electrons. The molecule has 0 saturated heterocycles. The van der Waals surface area contributed by atoms with Gasteiger partial charge < -0.3 is 5.73 Å². The molecule has 0 fully saturated rings. The Kier molecular flexibility index (Phi) is 5.62. The molecule has 0 bridgehead atoms. The number of benzene rings is 2. The Labute approximate surface area is 129 Å².